The van der Waals surface area contributed by atoms with Gasteiger partial charge in [0.15, 0.2) is 0 Å². The van der Waals surface area contributed by atoms with Gasteiger partial charge in [0.2, 0.25) is 0 Å². The highest BCUT2D eigenvalue weighted by atomic mass is 16.4. The minimum atomic E-state index is -0.954. The molecular formula is C26H46B2N2O6. The third kappa shape index (κ3) is 8.61. The summed E-state index contributed by atoms with van der Waals surface area (Å²) in [4.78, 5) is 56.3. The number of nitrogens with zero attached hydrogens (tertiary/aromatic N) is 2. The van der Waals surface area contributed by atoms with Crippen molar-refractivity contribution in [1.82, 2.24) is 9.80 Å². The lowest BCUT2D eigenvalue weighted by Crippen LogP contribution is -2.55. The summed E-state index contributed by atoms with van der Waals surface area (Å²) in [6, 6.07) is 0. The smallest absolute Gasteiger partial charge is 0.423 e. The van der Waals surface area contributed by atoms with Crippen LogP contribution in [-0.4, -0.2) is 98.8 Å². The molecule has 36 heavy (non-hydrogen) atoms. The largest absolute Gasteiger partial charge is 0.442 e. The predicted octanol–water partition coefficient (Wildman–Crippen LogP) is 2.21. The van der Waals surface area contributed by atoms with Crippen molar-refractivity contribution in [3.05, 3.63) is 0 Å². The second kappa shape index (κ2) is 15.2. The van der Waals surface area contributed by atoms with Crippen LogP contribution >= 0.6 is 0 Å². The molecule has 4 atom stereocenters. The van der Waals surface area contributed by atoms with E-state index in [1.54, 1.807) is 0 Å². The Morgan fingerprint density at radius 1 is 0.611 bits per heavy atom. The highest BCUT2D eigenvalue weighted by Gasteiger charge is 2.43. The van der Waals surface area contributed by atoms with E-state index in [1.165, 1.54) is 0 Å². The fraction of sp³-hybridized carbons (Fsp3) is 0.846. The normalized spacial score (nSPS) is 27.7. The molecule has 0 aromatic carbocycles. The molecule has 2 rings (SSSR count). The zero-order valence-electron chi connectivity index (χ0n) is 23.3. The number of carbonyl (C=O) groups is 4. The summed E-state index contributed by atoms with van der Waals surface area (Å²) >= 11 is 0. The zero-order valence-corrected chi connectivity index (χ0v) is 23.3. The maximum Gasteiger partial charge on any atom is 0.442 e. The molecule has 10 heteroatoms. The maximum absolute atomic E-state index is 13.0. The Bertz CT molecular complexity index is 657. The average Bonchev–Trinajstić information content (AvgIpc) is 2.84. The van der Waals surface area contributed by atoms with E-state index in [9.17, 15) is 19.2 Å². The van der Waals surface area contributed by atoms with Gasteiger partial charge in [-0.25, -0.2) is 0 Å². The van der Waals surface area contributed by atoms with Crippen molar-refractivity contribution in [1.29, 1.82) is 0 Å². The van der Waals surface area contributed by atoms with Gasteiger partial charge in [-0.15, -0.1) is 0 Å². The van der Waals surface area contributed by atoms with Crippen LogP contribution < -0.4 is 0 Å². The fourth-order valence-electron chi connectivity index (χ4n) is 5.04. The quantitative estimate of drug-likeness (QED) is 0.313. The first kappa shape index (κ1) is 30.9. The molecule has 0 aromatic heterocycles. The molecule has 2 heterocycles. The van der Waals surface area contributed by atoms with E-state index >= 15 is 0 Å². The summed E-state index contributed by atoms with van der Waals surface area (Å²) in [7, 11) is 0. The molecule has 2 aliphatic heterocycles. The number of rotatable bonds is 11. The Labute approximate surface area is 218 Å². The summed E-state index contributed by atoms with van der Waals surface area (Å²) < 4.78 is 11.4. The lowest BCUT2D eigenvalue weighted by atomic mass is 9.52. The third-order valence-electron chi connectivity index (χ3n) is 7.40. The molecule has 2 fully saturated rings. The first-order valence-electron chi connectivity index (χ1n) is 13.9. The number of hydrogen-bond donors (Lipinski definition) is 0. The fourth-order valence-corrected chi connectivity index (χ4v) is 5.04. The van der Waals surface area contributed by atoms with Crippen LogP contribution in [0.5, 0.6) is 0 Å². The molecule has 8 nitrogen and oxygen atoms in total. The molecule has 0 aliphatic carbocycles. The van der Waals surface area contributed by atoms with Crippen LogP contribution in [0.25, 0.3) is 0 Å². The van der Waals surface area contributed by atoms with E-state index in [2.05, 4.69) is 9.80 Å². The molecule has 0 bridgehead atoms. The van der Waals surface area contributed by atoms with Crippen LogP contribution in [0.3, 0.4) is 0 Å². The SMILES string of the molecule is CCCCOB1C(=O)C(C)CN(CCN2CC(C)C(=O)B(OCCCC)C(=O)C(C)C2)CC(C)C1=O. The van der Waals surface area contributed by atoms with Crippen LogP contribution in [0, 0.1) is 23.7 Å². The first-order valence-corrected chi connectivity index (χ1v) is 13.9. The van der Waals surface area contributed by atoms with Gasteiger partial charge in [0, 0.05) is 76.2 Å². The Morgan fingerprint density at radius 3 is 1.14 bits per heavy atom. The molecule has 0 N–H and O–H groups in total. The maximum atomic E-state index is 13.0. The van der Waals surface area contributed by atoms with Gasteiger partial charge in [-0.3, -0.25) is 0 Å². The van der Waals surface area contributed by atoms with Gasteiger partial charge in [-0.2, -0.15) is 0 Å². The van der Waals surface area contributed by atoms with Crippen molar-refractivity contribution >= 4 is 36.6 Å². The third-order valence-corrected chi connectivity index (χ3v) is 7.40. The molecule has 0 spiro atoms. The van der Waals surface area contributed by atoms with Crippen molar-refractivity contribution in [2.75, 3.05) is 52.5 Å². The van der Waals surface area contributed by atoms with Crippen molar-refractivity contribution < 1.29 is 28.5 Å². The molecule has 0 amide bonds. The van der Waals surface area contributed by atoms with Crippen LogP contribution in [-0.2, 0) is 28.5 Å². The van der Waals surface area contributed by atoms with Crippen LogP contribution in [0.15, 0.2) is 0 Å². The van der Waals surface area contributed by atoms with Gasteiger partial charge in [0.05, 0.1) is 0 Å². The van der Waals surface area contributed by atoms with E-state index in [1.807, 2.05) is 41.5 Å². The van der Waals surface area contributed by atoms with Crippen molar-refractivity contribution in [3.8, 4) is 0 Å². The molecule has 2 saturated heterocycles. The number of hydrogen-bond acceptors (Lipinski definition) is 8. The molecule has 0 aromatic rings. The van der Waals surface area contributed by atoms with E-state index in [4.69, 9.17) is 9.31 Å². The molecule has 0 radical (unpaired) electrons. The van der Waals surface area contributed by atoms with Crippen molar-refractivity contribution in [2.24, 2.45) is 23.7 Å². The lowest BCUT2D eigenvalue weighted by Gasteiger charge is -2.36. The highest BCUT2D eigenvalue weighted by molar-refractivity contribution is 7.08. The molecule has 2 aliphatic rings. The Kier molecular flexibility index (Phi) is 13.0. The monoisotopic (exact) mass is 504 g/mol. The van der Waals surface area contributed by atoms with E-state index in [-0.39, 0.29) is 46.4 Å². The standard InChI is InChI=1S/C26H46B2N2O6/c1-7-9-13-35-27-23(31)19(3)15-29(16-20(4)24(27)32)11-12-30-17-21(5)25(33)28(36-14-10-8-2)26(34)22(6)18-30/h19-22H,7-18H2,1-6H3. The summed E-state index contributed by atoms with van der Waals surface area (Å²) in [6.07, 6.45) is 3.56. The van der Waals surface area contributed by atoms with Crippen molar-refractivity contribution in [2.45, 2.75) is 67.2 Å². The Hall–Kier alpha value is -1.35. The van der Waals surface area contributed by atoms with Gasteiger partial charge < -0.3 is 38.3 Å². The molecule has 202 valence electrons. The molecule has 0 saturated carbocycles. The van der Waals surface area contributed by atoms with Gasteiger partial charge in [0.1, 0.15) is 22.7 Å². The summed E-state index contributed by atoms with van der Waals surface area (Å²) in [5, 5.41) is 0. The average molecular weight is 504 g/mol. The van der Waals surface area contributed by atoms with Gasteiger partial charge in [-0.05, 0) is 12.8 Å². The molecular weight excluding hydrogens is 458 g/mol. The van der Waals surface area contributed by atoms with Crippen LogP contribution in [0.1, 0.15) is 67.2 Å². The van der Waals surface area contributed by atoms with E-state index in [0.29, 0.717) is 52.5 Å². The van der Waals surface area contributed by atoms with Gasteiger partial charge in [-0.1, -0.05) is 54.4 Å². The van der Waals surface area contributed by atoms with Crippen molar-refractivity contribution in [3.63, 3.8) is 0 Å². The number of carbonyl (C=O) groups excluding carboxylic acids is 4. The van der Waals surface area contributed by atoms with Gasteiger partial charge in [0.25, 0.3) is 0 Å². The van der Waals surface area contributed by atoms with E-state index < -0.39 is 13.8 Å². The van der Waals surface area contributed by atoms with Gasteiger partial charge >= 0.3 is 13.8 Å². The van der Waals surface area contributed by atoms with Crippen LogP contribution in [0.4, 0.5) is 0 Å². The minimum absolute atomic E-state index is 0.133. The number of unbranched alkanes of at least 4 members (excludes halogenated alkanes) is 2. The second-order valence-electron chi connectivity index (χ2n) is 10.9. The Morgan fingerprint density at radius 2 is 0.889 bits per heavy atom. The topological polar surface area (TPSA) is 93.2 Å². The zero-order chi connectivity index (χ0) is 26.8. The predicted molar refractivity (Wildman–Crippen MR) is 143 cm³/mol. The van der Waals surface area contributed by atoms with Crippen LogP contribution in [0.2, 0.25) is 0 Å². The highest BCUT2D eigenvalue weighted by Crippen LogP contribution is 2.19. The summed E-state index contributed by atoms with van der Waals surface area (Å²) in [5.74, 6) is -1.21. The second-order valence-corrected chi connectivity index (χ2v) is 10.9. The first-order chi connectivity index (χ1) is 17.1. The summed E-state index contributed by atoms with van der Waals surface area (Å²) in [6.45, 7) is 14.1. The Balaban J connectivity index is 2.01. The summed E-state index contributed by atoms with van der Waals surface area (Å²) in [5.41, 5.74) is -0.532. The minimum Gasteiger partial charge on any atom is -0.423 e. The molecule has 4 unspecified atom stereocenters. The van der Waals surface area contributed by atoms with E-state index in [0.717, 1.165) is 25.7 Å². The lowest BCUT2D eigenvalue weighted by molar-refractivity contribution is -0.125.